The lowest BCUT2D eigenvalue weighted by Crippen LogP contribution is -2.24. The fraction of sp³-hybridized carbons (Fsp3) is 0.211. The molecule has 25 heavy (non-hydrogen) atoms. The van der Waals surface area contributed by atoms with Gasteiger partial charge in [0.2, 0.25) is 5.91 Å². The van der Waals surface area contributed by atoms with Gasteiger partial charge in [-0.15, -0.1) is 11.8 Å². The Morgan fingerprint density at radius 2 is 1.80 bits per heavy atom. The Labute approximate surface area is 150 Å². The van der Waals surface area contributed by atoms with Crippen LogP contribution in [-0.4, -0.2) is 35.4 Å². The summed E-state index contributed by atoms with van der Waals surface area (Å²) in [6.45, 7) is 2.03. The van der Waals surface area contributed by atoms with Crippen LogP contribution in [0.2, 0.25) is 0 Å². The summed E-state index contributed by atoms with van der Waals surface area (Å²) in [5, 5.41) is 2.76. The predicted molar refractivity (Wildman–Crippen MR) is 98.0 cm³/mol. The number of imide groups is 1. The van der Waals surface area contributed by atoms with Crippen molar-refractivity contribution in [2.75, 3.05) is 18.1 Å². The molecule has 0 radical (unpaired) electrons. The van der Waals surface area contributed by atoms with Gasteiger partial charge in [0.15, 0.2) is 0 Å². The van der Waals surface area contributed by atoms with Crippen molar-refractivity contribution in [3.8, 4) is 0 Å². The number of amides is 3. The zero-order valence-electron chi connectivity index (χ0n) is 14.0. The SMILES string of the molecule is Cc1ccc(SCCC(=O)Nc2cccc3c2C(=O)N(C)C3=O)cc1. The number of fused-ring (bicyclic) bond motifs is 1. The van der Waals surface area contributed by atoms with Crippen LogP contribution in [0.25, 0.3) is 0 Å². The van der Waals surface area contributed by atoms with E-state index in [4.69, 9.17) is 0 Å². The summed E-state index contributed by atoms with van der Waals surface area (Å²) in [6, 6.07) is 13.0. The Kier molecular flexibility index (Phi) is 4.90. The van der Waals surface area contributed by atoms with E-state index < -0.39 is 0 Å². The van der Waals surface area contributed by atoms with Crippen LogP contribution in [0, 0.1) is 6.92 Å². The summed E-state index contributed by atoms with van der Waals surface area (Å²) >= 11 is 1.60. The van der Waals surface area contributed by atoms with E-state index in [0.29, 0.717) is 23.4 Å². The molecule has 0 saturated carbocycles. The maximum Gasteiger partial charge on any atom is 0.263 e. The van der Waals surface area contributed by atoms with Crippen molar-refractivity contribution >= 4 is 35.2 Å². The fourth-order valence-electron chi connectivity index (χ4n) is 2.61. The van der Waals surface area contributed by atoms with Crippen LogP contribution in [0.3, 0.4) is 0 Å². The molecule has 0 fully saturated rings. The molecule has 0 saturated heterocycles. The largest absolute Gasteiger partial charge is 0.325 e. The number of nitrogens with zero attached hydrogens (tertiary/aromatic N) is 1. The number of hydrogen-bond donors (Lipinski definition) is 1. The first kappa shape index (κ1) is 17.2. The van der Waals surface area contributed by atoms with Gasteiger partial charge in [-0.3, -0.25) is 19.3 Å². The van der Waals surface area contributed by atoms with Crippen LogP contribution in [0.5, 0.6) is 0 Å². The van der Waals surface area contributed by atoms with Gasteiger partial charge in [0.05, 0.1) is 16.8 Å². The van der Waals surface area contributed by atoms with Crippen LogP contribution >= 0.6 is 11.8 Å². The Balaban J connectivity index is 1.62. The third-order valence-electron chi connectivity index (χ3n) is 4.01. The molecule has 0 bridgehead atoms. The molecular weight excluding hydrogens is 336 g/mol. The first-order valence-electron chi connectivity index (χ1n) is 7.92. The molecule has 6 heteroatoms. The normalized spacial score (nSPS) is 13.1. The molecular formula is C19H18N2O3S. The first-order chi connectivity index (χ1) is 12.0. The second-order valence-corrected chi connectivity index (χ2v) is 7.03. The molecule has 0 atom stereocenters. The molecule has 0 unspecified atom stereocenters. The third kappa shape index (κ3) is 3.58. The standard InChI is InChI=1S/C19H18N2O3S/c1-12-6-8-13(9-7-12)25-11-10-16(22)20-15-5-3-4-14-17(15)19(24)21(2)18(14)23/h3-9H,10-11H2,1-2H3,(H,20,22). The van der Waals surface area contributed by atoms with Crippen molar-refractivity contribution in [1.29, 1.82) is 0 Å². The molecule has 0 aliphatic carbocycles. The van der Waals surface area contributed by atoms with E-state index in [9.17, 15) is 14.4 Å². The molecule has 1 heterocycles. The van der Waals surface area contributed by atoms with Crippen molar-refractivity contribution in [2.24, 2.45) is 0 Å². The summed E-state index contributed by atoms with van der Waals surface area (Å²) < 4.78 is 0. The highest BCUT2D eigenvalue weighted by Gasteiger charge is 2.35. The molecule has 2 aromatic rings. The van der Waals surface area contributed by atoms with Crippen molar-refractivity contribution in [1.82, 2.24) is 4.90 Å². The smallest absolute Gasteiger partial charge is 0.263 e. The van der Waals surface area contributed by atoms with E-state index in [1.54, 1.807) is 30.0 Å². The summed E-state index contributed by atoms with van der Waals surface area (Å²) in [6.07, 6.45) is 0.320. The van der Waals surface area contributed by atoms with E-state index >= 15 is 0 Å². The summed E-state index contributed by atoms with van der Waals surface area (Å²) in [5.74, 6) is -0.268. The summed E-state index contributed by atoms with van der Waals surface area (Å²) in [7, 11) is 1.44. The molecule has 1 aliphatic heterocycles. The van der Waals surface area contributed by atoms with Crippen LogP contribution in [0.4, 0.5) is 5.69 Å². The van der Waals surface area contributed by atoms with Gasteiger partial charge < -0.3 is 5.32 Å². The highest BCUT2D eigenvalue weighted by molar-refractivity contribution is 7.99. The maximum absolute atomic E-state index is 12.2. The van der Waals surface area contributed by atoms with Crippen molar-refractivity contribution < 1.29 is 14.4 Å². The summed E-state index contributed by atoms with van der Waals surface area (Å²) in [5.41, 5.74) is 2.20. The topological polar surface area (TPSA) is 66.5 Å². The lowest BCUT2D eigenvalue weighted by Gasteiger charge is -2.09. The minimum Gasteiger partial charge on any atom is -0.325 e. The van der Waals surface area contributed by atoms with Gasteiger partial charge >= 0.3 is 0 Å². The number of nitrogens with one attached hydrogen (secondary N) is 1. The molecule has 5 nitrogen and oxygen atoms in total. The Hall–Kier alpha value is -2.60. The maximum atomic E-state index is 12.2. The highest BCUT2D eigenvalue weighted by atomic mass is 32.2. The van der Waals surface area contributed by atoms with Crippen LogP contribution in [0.1, 0.15) is 32.7 Å². The monoisotopic (exact) mass is 354 g/mol. The number of benzene rings is 2. The third-order valence-corrected chi connectivity index (χ3v) is 5.02. The Morgan fingerprint density at radius 1 is 1.08 bits per heavy atom. The average Bonchev–Trinajstić information content (AvgIpc) is 2.82. The molecule has 128 valence electrons. The molecule has 0 aromatic heterocycles. The molecule has 1 N–H and O–H groups in total. The van der Waals surface area contributed by atoms with Gasteiger partial charge in [-0.1, -0.05) is 23.8 Å². The Bertz CT molecular complexity index is 846. The van der Waals surface area contributed by atoms with Gasteiger partial charge in [0.1, 0.15) is 0 Å². The van der Waals surface area contributed by atoms with E-state index in [1.165, 1.54) is 12.6 Å². The Morgan fingerprint density at radius 3 is 2.52 bits per heavy atom. The lowest BCUT2D eigenvalue weighted by molar-refractivity contribution is -0.115. The van der Waals surface area contributed by atoms with Gasteiger partial charge in [-0.05, 0) is 31.2 Å². The van der Waals surface area contributed by atoms with Crippen LogP contribution in [-0.2, 0) is 4.79 Å². The van der Waals surface area contributed by atoms with Crippen molar-refractivity contribution in [2.45, 2.75) is 18.2 Å². The van der Waals surface area contributed by atoms with E-state index in [0.717, 1.165) is 9.80 Å². The number of carbonyl (C=O) groups is 3. The average molecular weight is 354 g/mol. The first-order valence-corrected chi connectivity index (χ1v) is 8.90. The molecule has 3 rings (SSSR count). The molecule has 3 amide bonds. The van der Waals surface area contributed by atoms with Gasteiger partial charge in [0, 0.05) is 24.1 Å². The van der Waals surface area contributed by atoms with Crippen molar-refractivity contribution in [3.05, 3.63) is 59.2 Å². The van der Waals surface area contributed by atoms with Crippen molar-refractivity contribution in [3.63, 3.8) is 0 Å². The van der Waals surface area contributed by atoms with Gasteiger partial charge in [0.25, 0.3) is 11.8 Å². The van der Waals surface area contributed by atoms with E-state index in [2.05, 4.69) is 5.32 Å². The number of hydrogen-bond acceptors (Lipinski definition) is 4. The second kappa shape index (κ2) is 7.11. The second-order valence-electron chi connectivity index (χ2n) is 5.86. The van der Waals surface area contributed by atoms with E-state index in [1.807, 2.05) is 31.2 Å². The highest BCUT2D eigenvalue weighted by Crippen LogP contribution is 2.28. The molecule has 0 spiro atoms. The van der Waals surface area contributed by atoms with E-state index in [-0.39, 0.29) is 23.3 Å². The zero-order valence-corrected chi connectivity index (χ0v) is 14.9. The number of rotatable bonds is 5. The number of aryl methyl sites for hydroxylation is 1. The van der Waals surface area contributed by atoms with Gasteiger partial charge in [-0.25, -0.2) is 0 Å². The molecule has 1 aliphatic rings. The van der Waals surface area contributed by atoms with Crippen LogP contribution in [0.15, 0.2) is 47.4 Å². The quantitative estimate of drug-likeness (QED) is 0.661. The predicted octanol–water partition coefficient (Wildman–Crippen LogP) is 3.34. The van der Waals surface area contributed by atoms with Crippen LogP contribution < -0.4 is 5.32 Å². The van der Waals surface area contributed by atoms with Gasteiger partial charge in [-0.2, -0.15) is 0 Å². The zero-order chi connectivity index (χ0) is 18.0. The number of carbonyl (C=O) groups excluding carboxylic acids is 3. The minimum absolute atomic E-state index is 0.178. The lowest BCUT2D eigenvalue weighted by atomic mass is 10.1. The minimum atomic E-state index is -0.384. The number of thioether (sulfide) groups is 1. The molecule has 2 aromatic carbocycles. The number of anilines is 1. The fourth-order valence-corrected chi connectivity index (χ4v) is 3.47. The summed E-state index contributed by atoms with van der Waals surface area (Å²) in [4.78, 5) is 38.5.